The summed E-state index contributed by atoms with van der Waals surface area (Å²) >= 11 is 0. The first-order valence-corrected chi connectivity index (χ1v) is 0.827. The third kappa shape index (κ3) is 154000. The molecule has 0 rings (SSSR count). The summed E-state index contributed by atoms with van der Waals surface area (Å²) in [5, 5.41) is 6.06. The van der Waals surface area contributed by atoms with Crippen molar-refractivity contribution < 1.29 is 22.4 Å². The summed E-state index contributed by atoms with van der Waals surface area (Å²) in [4.78, 5) is 0. The van der Waals surface area contributed by atoms with Crippen molar-refractivity contribution in [2.24, 2.45) is 11.5 Å². The van der Waals surface area contributed by atoms with E-state index in [4.69, 9.17) is 5.41 Å². The minimum atomic E-state index is -0.333. The van der Waals surface area contributed by atoms with Crippen LogP contribution in [0.3, 0.4) is 0 Å². The summed E-state index contributed by atoms with van der Waals surface area (Å²) in [6.45, 7) is 0. The van der Waals surface area contributed by atoms with Crippen LogP contribution >= 0.6 is 0 Å². The van der Waals surface area contributed by atoms with E-state index >= 15 is 0 Å². The van der Waals surface area contributed by atoms with Crippen molar-refractivity contribution in [1.82, 2.24) is 0 Å². The normalized spacial score (nSPS) is 4.80. The van der Waals surface area contributed by atoms with E-state index in [9.17, 15) is 0 Å². The number of guanidine groups is 1. The van der Waals surface area contributed by atoms with Gasteiger partial charge in [0.25, 0.3) is 0 Å². The molecule has 0 amide bonds. The SMILES string of the molecule is N=C(N)N.[Au]. The van der Waals surface area contributed by atoms with Crippen molar-refractivity contribution in [2.45, 2.75) is 0 Å². The Morgan fingerprint density at radius 3 is 1.40 bits per heavy atom. The summed E-state index contributed by atoms with van der Waals surface area (Å²) in [6, 6.07) is 0. The third-order valence-corrected chi connectivity index (χ3v) is 0. The number of hydrogen-bond acceptors (Lipinski definition) is 1. The molecule has 0 saturated carbocycles. The van der Waals surface area contributed by atoms with Crippen LogP contribution in [0.25, 0.3) is 0 Å². The van der Waals surface area contributed by atoms with Gasteiger partial charge in [-0.3, -0.25) is 5.41 Å². The predicted octanol–water partition coefficient (Wildman–Crippen LogP) is -1.16. The van der Waals surface area contributed by atoms with Crippen molar-refractivity contribution in [1.29, 1.82) is 5.41 Å². The van der Waals surface area contributed by atoms with Crippen LogP contribution < -0.4 is 11.5 Å². The summed E-state index contributed by atoms with van der Waals surface area (Å²) < 4.78 is 0. The van der Waals surface area contributed by atoms with Crippen molar-refractivity contribution in [3.05, 3.63) is 0 Å². The van der Waals surface area contributed by atoms with Gasteiger partial charge in [0, 0.05) is 22.4 Å². The van der Waals surface area contributed by atoms with Gasteiger partial charge in [0.15, 0.2) is 5.96 Å². The van der Waals surface area contributed by atoms with Crippen molar-refractivity contribution >= 4 is 5.96 Å². The van der Waals surface area contributed by atoms with Crippen LogP contribution in [-0.2, 0) is 22.4 Å². The topological polar surface area (TPSA) is 75.9 Å². The van der Waals surface area contributed by atoms with Gasteiger partial charge in [-0.25, -0.2) is 0 Å². The molecule has 0 aromatic carbocycles. The van der Waals surface area contributed by atoms with Gasteiger partial charge in [0.05, 0.1) is 0 Å². The Morgan fingerprint density at radius 2 is 1.40 bits per heavy atom. The van der Waals surface area contributed by atoms with E-state index in [-0.39, 0.29) is 28.3 Å². The first kappa shape index (κ1) is 8.89. The van der Waals surface area contributed by atoms with Gasteiger partial charge in [-0.2, -0.15) is 0 Å². The zero-order chi connectivity index (χ0) is 3.58. The molecule has 0 aromatic rings. The van der Waals surface area contributed by atoms with E-state index in [1.165, 1.54) is 0 Å². The van der Waals surface area contributed by atoms with E-state index < -0.39 is 0 Å². The Bertz CT molecular complexity index is 29.9. The fraction of sp³-hybridized carbons (Fsp3) is 0. The van der Waals surface area contributed by atoms with Gasteiger partial charge < -0.3 is 11.5 Å². The molecule has 0 aliphatic heterocycles. The second-order valence-corrected chi connectivity index (χ2v) is 0.455. The van der Waals surface area contributed by atoms with Crippen molar-refractivity contribution in [2.75, 3.05) is 0 Å². The Balaban J connectivity index is 0. The second kappa shape index (κ2) is 4.01. The number of hydrogen-bond donors (Lipinski definition) is 3. The zero-order valence-electron chi connectivity index (χ0n) is 2.46. The van der Waals surface area contributed by atoms with Crippen LogP contribution in [0.5, 0.6) is 0 Å². The standard InChI is InChI=1S/CH5N3.Au/c2-1(3)4;/h(H5,2,3,4);. The van der Waals surface area contributed by atoms with Gasteiger partial charge in [0.1, 0.15) is 0 Å². The van der Waals surface area contributed by atoms with Crippen molar-refractivity contribution in [3.63, 3.8) is 0 Å². The van der Waals surface area contributed by atoms with E-state index in [1.54, 1.807) is 0 Å². The van der Waals surface area contributed by atoms with Gasteiger partial charge in [0.2, 0.25) is 0 Å². The van der Waals surface area contributed by atoms with Gasteiger partial charge in [-0.05, 0) is 0 Å². The summed E-state index contributed by atoms with van der Waals surface area (Å²) in [5.74, 6) is -0.333. The Labute approximate surface area is 45.7 Å². The Kier molecular flexibility index (Phi) is 7.13. The smallest absolute Gasteiger partial charge is 0.183 e. The maximum absolute atomic E-state index is 6.06. The van der Waals surface area contributed by atoms with Crippen LogP contribution in [0.15, 0.2) is 0 Å². The Hall–Kier alpha value is 0.0103. The molecule has 5 heavy (non-hydrogen) atoms. The minimum absolute atomic E-state index is 0. The summed E-state index contributed by atoms with van der Waals surface area (Å²) in [7, 11) is 0. The van der Waals surface area contributed by atoms with E-state index in [0.29, 0.717) is 0 Å². The first-order chi connectivity index (χ1) is 1.73. The van der Waals surface area contributed by atoms with Crippen LogP contribution in [0.4, 0.5) is 0 Å². The van der Waals surface area contributed by atoms with Gasteiger partial charge in [-0.15, -0.1) is 0 Å². The molecule has 0 atom stereocenters. The number of nitrogens with two attached hydrogens (primary N) is 2. The average Bonchev–Trinajstić information content (AvgIpc) is 0.811. The van der Waals surface area contributed by atoms with Gasteiger partial charge >= 0.3 is 0 Å². The quantitative estimate of drug-likeness (QED) is 0.290. The molecule has 0 saturated heterocycles. The number of nitrogens with one attached hydrogen (secondary N) is 1. The molecular weight excluding hydrogens is 251 g/mol. The molecule has 5 N–H and O–H groups in total. The molecule has 0 heterocycles. The predicted molar refractivity (Wildman–Crippen MR) is 16.1 cm³/mol. The second-order valence-electron chi connectivity index (χ2n) is 0.455. The van der Waals surface area contributed by atoms with Crippen molar-refractivity contribution in [3.8, 4) is 0 Å². The fourth-order valence-electron chi connectivity index (χ4n) is 0. The van der Waals surface area contributed by atoms with Crippen LogP contribution in [0.2, 0.25) is 0 Å². The molecule has 0 aliphatic carbocycles. The fourth-order valence-corrected chi connectivity index (χ4v) is 0. The molecule has 1 radical (unpaired) electrons. The third-order valence-electron chi connectivity index (χ3n) is 0. The van der Waals surface area contributed by atoms with Crippen LogP contribution in [-0.4, -0.2) is 5.96 Å². The van der Waals surface area contributed by atoms with E-state index in [1.807, 2.05) is 0 Å². The van der Waals surface area contributed by atoms with Crippen LogP contribution in [0, 0.1) is 5.41 Å². The molecule has 4 heteroatoms. The molecule has 0 spiro atoms. The first-order valence-electron chi connectivity index (χ1n) is 0.827. The zero-order valence-corrected chi connectivity index (χ0v) is 4.62. The molecule has 35 valence electrons. The maximum atomic E-state index is 6.06. The molecule has 0 bridgehead atoms. The van der Waals surface area contributed by atoms with E-state index in [0.717, 1.165) is 0 Å². The molecular formula is CH5AuN3. The number of rotatable bonds is 0. The molecule has 0 aliphatic rings. The minimum Gasteiger partial charge on any atom is -0.370 e. The average molecular weight is 256 g/mol. The maximum Gasteiger partial charge on any atom is 0.183 e. The van der Waals surface area contributed by atoms with Gasteiger partial charge in [-0.1, -0.05) is 0 Å². The monoisotopic (exact) mass is 256 g/mol. The van der Waals surface area contributed by atoms with E-state index in [2.05, 4.69) is 11.5 Å². The molecule has 0 fully saturated rings. The summed E-state index contributed by atoms with van der Waals surface area (Å²) in [6.07, 6.45) is 0. The molecule has 3 nitrogen and oxygen atoms in total. The molecule has 0 unspecified atom stereocenters. The molecule has 0 aromatic heterocycles. The Morgan fingerprint density at radius 1 is 1.40 bits per heavy atom. The summed E-state index contributed by atoms with van der Waals surface area (Å²) in [5.41, 5.74) is 8.94. The largest absolute Gasteiger partial charge is 0.370 e. The van der Waals surface area contributed by atoms with Crippen LogP contribution in [0.1, 0.15) is 0 Å².